The lowest BCUT2D eigenvalue weighted by molar-refractivity contribution is -0.137. The summed E-state index contributed by atoms with van der Waals surface area (Å²) in [5.74, 6) is 0.729. The molecular formula is C20H29NO5. The zero-order valence-electron chi connectivity index (χ0n) is 15.9. The first-order valence-corrected chi connectivity index (χ1v) is 9.25. The van der Waals surface area contributed by atoms with Crippen LogP contribution in [-0.4, -0.2) is 48.7 Å². The van der Waals surface area contributed by atoms with E-state index in [4.69, 9.17) is 14.6 Å². The van der Waals surface area contributed by atoms with Crippen LogP contribution in [0.15, 0.2) is 12.1 Å². The molecule has 1 aliphatic carbocycles. The molecule has 0 aliphatic heterocycles. The average molecular weight is 363 g/mol. The number of rotatable bonds is 9. The Kier molecular flexibility index (Phi) is 7.30. The Balaban J connectivity index is 2.12. The Bertz CT molecular complexity index is 643. The molecule has 0 radical (unpaired) electrons. The highest BCUT2D eigenvalue weighted by molar-refractivity contribution is 5.77. The topological polar surface area (TPSA) is 76.1 Å². The first-order chi connectivity index (χ1) is 12.5. The van der Waals surface area contributed by atoms with Crippen LogP contribution >= 0.6 is 0 Å². The summed E-state index contributed by atoms with van der Waals surface area (Å²) in [4.78, 5) is 25.3. The van der Waals surface area contributed by atoms with Gasteiger partial charge < -0.3 is 19.5 Å². The molecule has 0 heterocycles. The standard InChI is InChI=1S/C20H29NO5/c1-4-12-21(18(22)6-5-7-19(23)24)15-9-10-16-14(13-15)8-11-17(25-2)20(16)26-3/h8,11,15H,4-7,9-10,12-13H2,1-3H3,(H,23,24). The predicted molar refractivity (Wildman–Crippen MR) is 98.8 cm³/mol. The maximum Gasteiger partial charge on any atom is 0.303 e. The number of ether oxygens (including phenoxy) is 2. The Labute approximate surface area is 155 Å². The van der Waals surface area contributed by atoms with E-state index in [9.17, 15) is 9.59 Å². The number of hydrogen-bond acceptors (Lipinski definition) is 4. The summed E-state index contributed by atoms with van der Waals surface area (Å²) in [5, 5.41) is 8.77. The number of hydrogen-bond donors (Lipinski definition) is 1. The van der Waals surface area contributed by atoms with Crippen LogP contribution in [0.25, 0.3) is 0 Å². The largest absolute Gasteiger partial charge is 0.493 e. The zero-order valence-corrected chi connectivity index (χ0v) is 15.9. The number of aliphatic carboxylic acids is 1. The zero-order chi connectivity index (χ0) is 19.1. The van der Waals surface area contributed by atoms with E-state index in [0.717, 1.165) is 42.7 Å². The van der Waals surface area contributed by atoms with Crippen LogP contribution in [0.1, 0.15) is 50.2 Å². The normalized spacial score (nSPS) is 15.9. The molecule has 1 atom stereocenters. The lowest BCUT2D eigenvalue weighted by atomic mass is 9.86. The fourth-order valence-corrected chi connectivity index (χ4v) is 3.72. The Hall–Kier alpha value is -2.24. The molecule has 1 aliphatic rings. The summed E-state index contributed by atoms with van der Waals surface area (Å²) in [5.41, 5.74) is 2.36. The van der Waals surface area contributed by atoms with Crippen molar-refractivity contribution in [3.63, 3.8) is 0 Å². The van der Waals surface area contributed by atoms with Crippen molar-refractivity contribution in [3.8, 4) is 11.5 Å². The van der Waals surface area contributed by atoms with Crippen LogP contribution < -0.4 is 9.47 Å². The monoisotopic (exact) mass is 363 g/mol. The molecule has 0 bridgehead atoms. The van der Waals surface area contributed by atoms with Crippen molar-refractivity contribution in [3.05, 3.63) is 23.3 Å². The number of carbonyl (C=O) groups excluding carboxylic acids is 1. The highest BCUT2D eigenvalue weighted by Crippen LogP contribution is 2.38. The highest BCUT2D eigenvalue weighted by atomic mass is 16.5. The number of carbonyl (C=O) groups is 2. The van der Waals surface area contributed by atoms with Crippen molar-refractivity contribution >= 4 is 11.9 Å². The molecule has 6 heteroatoms. The van der Waals surface area contributed by atoms with Gasteiger partial charge in [0.2, 0.25) is 5.91 Å². The summed E-state index contributed by atoms with van der Waals surface area (Å²) >= 11 is 0. The Morgan fingerprint density at radius 1 is 1.23 bits per heavy atom. The quantitative estimate of drug-likeness (QED) is 0.730. The molecule has 144 valence electrons. The van der Waals surface area contributed by atoms with Gasteiger partial charge in [0.25, 0.3) is 0 Å². The third kappa shape index (κ3) is 4.68. The Morgan fingerprint density at radius 3 is 2.62 bits per heavy atom. The number of carboxylic acids is 1. The first-order valence-electron chi connectivity index (χ1n) is 9.25. The molecule has 1 aromatic rings. The smallest absolute Gasteiger partial charge is 0.303 e. The molecule has 1 amide bonds. The molecule has 0 spiro atoms. The van der Waals surface area contributed by atoms with Gasteiger partial charge in [0.15, 0.2) is 11.5 Å². The van der Waals surface area contributed by atoms with E-state index in [1.807, 2.05) is 11.0 Å². The van der Waals surface area contributed by atoms with E-state index in [1.54, 1.807) is 14.2 Å². The van der Waals surface area contributed by atoms with Crippen LogP contribution in [-0.2, 0) is 22.4 Å². The van der Waals surface area contributed by atoms with Crippen molar-refractivity contribution < 1.29 is 24.2 Å². The summed E-state index contributed by atoms with van der Waals surface area (Å²) in [6.07, 6.45) is 4.12. The van der Waals surface area contributed by atoms with Crippen molar-refractivity contribution in [2.24, 2.45) is 0 Å². The molecule has 0 saturated carbocycles. The minimum atomic E-state index is -0.854. The molecule has 1 N–H and O–H groups in total. The van der Waals surface area contributed by atoms with Crippen molar-refractivity contribution in [1.82, 2.24) is 4.90 Å². The summed E-state index contributed by atoms with van der Waals surface area (Å²) in [6, 6.07) is 4.12. The van der Waals surface area contributed by atoms with E-state index >= 15 is 0 Å². The number of methoxy groups -OCH3 is 2. The summed E-state index contributed by atoms with van der Waals surface area (Å²) < 4.78 is 10.9. The number of amides is 1. The number of carboxylic acid groups (broad SMARTS) is 1. The molecule has 0 aromatic heterocycles. The van der Waals surface area contributed by atoms with Crippen LogP contribution in [0.3, 0.4) is 0 Å². The molecule has 2 rings (SSSR count). The highest BCUT2D eigenvalue weighted by Gasteiger charge is 2.29. The van der Waals surface area contributed by atoms with Crippen LogP contribution in [0.2, 0.25) is 0 Å². The minimum Gasteiger partial charge on any atom is -0.493 e. The second-order valence-corrected chi connectivity index (χ2v) is 6.67. The fraction of sp³-hybridized carbons (Fsp3) is 0.600. The SMILES string of the molecule is CCCN(C(=O)CCCC(=O)O)C1CCc2c(ccc(OC)c2OC)C1. The van der Waals surface area contributed by atoms with E-state index in [2.05, 4.69) is 13.0 Å². The lowest BCUT2D eigenvalue weighted by Gasteiger charge is -2.36. The number of fused-ring (bicyclic) bond motifs is 1. The van der Waals surface area contributed by atoms with Crippen LogP contribution in [0.5, 0.6) is 11.5 Å². The second-order valence-electron chi connectivity index (χ2n) is 6.67. The first kappa shape index (κ1) is 20.1. The molecule has 0 saturated heterocycles. The van der Waals surface area contributed by atoms with Crippen molar-refractivity contribution in [2.75, 3.05) is 20.8 Å². The molecule has 0 fully saturated rings. The van der Waals surface area contributed by atoms with Crippen molar-refractivity contribution in [2.45, 2.75) is 57.9 Å². The van der Waals surface area contributed by atoms with Gasteiger partial charge in [-0.3, -0.25) is 9.59 Å². The van der Waals surface area contributed by atoms with E-state index < -0.39 is 5.97 Å². The maximum atomic E-state index is 12.6. The van der Waals surface area contributed by atoms with Crippen molar-refractivity contribution in [1.29, 1.82) is 0 Å². The third-order valence-corrected chi connectivity index (χ3v) is 4.94. The molecular weight excluding hydrogens is 334 g/mol. The summed E-state index contributed by atoms with van der Waals surface area (Å²) in [6.45, 7) is 2.77. The number of benzene rings is 1. The van der Waals surface area contributed by atoms with Gasteiger partial charge in [-0.1, -0.05) is 13.0 Å². The van der Waals surface area contributed by atoms with Gasteiger partial charge in [-0.2, -0.15) is 0 Å². The second kappa shape index (κ2) is 9.46. The molecule has 1 unspecified atom stereocenters. The van der Waals surface area contributed by atoms with Gasteiger partial charge in [-0.25, -0.2) is 0 Å². The van der Waals surface area contributed by atoms with Crippen LogP contribution in [0.4, 0.5) is 0 Å². The average Bonchev–Trinajstić information content (AvgIpc) is 2.64. The van der Waals surface area contributed by atoms with E-state index in [0.29, 0.717) is 19.4 Å². The maximum absolute atomic E-state index is 12.6. The number of nitrogens with zero attached hydrogens (tertiary/aromatic N) is 1. The van der Waals surface area contributed by atoms with E-state index in [1.165, 1.54) is 5.56 Å². The van der Waals surface area contributed by atoms with E-state index in [-0.39, 0.29) is 18.4 Å². The van der Waals surface area contributed by atoms with Gasteiger partial charge in [-0.15, -0.1) is 0 Å². The predicted octanol–water partition coefficient (Wildman–Crippen LogP) is 3.05. The van der Waals surface area contributed by atoms with Gasteiger partial charge in [0.1, 0.15) is 0 Å². The lowest BCUT2D eigenvalue weighted by Crippen LogP contribution is -2.43. The fourth-order valence-electron chi connectivity index (χ4n) is 3.72. The molecule has 6 nitrogen and oxygen atoms in total. The molecule has 1 aromatic carbocycles. The van der Waals surface area contributed by atoms with Gasteiger partial charge >= 0.3 is 5.97 Å². The molecule has 26 heavy (non-hydrogen) atoms. The van der Waals surface area contributed by atoms with Gasteiger partial charge in [0.05, 0.1) is 14.2 Å². The third-order valence-electron chi connectivity index (χ3n) is 4.94. The van der Waals surface area contributed by atoms with Crippen LogP contribution in [0, 0.1) is 0 Å². The van der Waals surface area contributed by atoms with Gasteiger partial charge in [-0.05, 0) is 43.7 Å². The summed E-state index contributed by atoms with van der Waals surface area (Å²) in [7, 11) is 3.29. The Morgan fingerprint density at radius 2 is 2.00 bits per heavy atom. The van der Waals surface area contributed by atoms with Gasteiger partial charge in [0, 0.05) is 31.0 Å². The minimum absolute atomic E-state index is 0.0379.